The Morgan fingerprint density at radius 2 is 2.16 bits per heavy atom. The molecule has 6 nitrogen and oxygen atoms in total. The molecule has 0 aromatic heterocycles. The predicted octanol–water partition coefficient (Wildman–Crippen LogP) is 2.49. The molecule has 0 aliphatic rings. The molecule has 0 rings (SSSR count). The SMILES string of the molecule is CSC(=NOC(=O)N(C)SC(C)(C#N)CCl)C(C)=O. The largest absolute Gasteiger partial charge is 0.445 e. The van der Waals surface area contributed by atoms with Crippen molar-refractivity contribution in [1.29, 1.82) is 5.26 Å². The molecule has 0 saturated carbocycles. The Balaban J connectivity index is 4.61. The number of carbonyl (C=O) groups is 2. The molecule has 1 amide bonds. The van der Waals surface area contributed by atoms with Gasteiger partial charge in [-0.2, -0.15) is 5.26 Å². The number of carbonyl (C=O) groups excluding carboxylic acids is 2. The second-order valence-electron chi connectivity index (χ2n) is 3.58. The number of hydrogen-bond donors (Lipinski definition) is 0. The number of rotatable bonds is 5. The number of thioether (sulfide) groups is 1. The van der Waals surface area contributed by atoms with Gasteiger partial charge in [-0.3, -0.25) is 13.9 Å². The Hall–Kier alpha value is -0.910. The van der Waals surface area contributed by atoms with Gasteiger partial charge < -0.3 is 0 Å². The van der Waals surface area contributed by atoms with Crippen LogP contribution in [0, 0.1) is 11.3 Å². The summed E-state index contributed by atoms with van der Waals surface area (Å²) in [5.41, 5.74) is 0. The third kappa shape index (κ3) is 6.18. The van der Waals surface area contributed by atoms with Crippen LogP contribution in [0.15, 0.2) is 5.16 Å². The highest BCUT2D eigenvalue weighted by Crippen LogP contribution is 2.28. The van der Waals surface area contributed by atoms with E-state index in [9.17, 15) is 9.59 Å². The van der Waals surface area contributed by atoms with Crippen molar-refractivity contribution in [3.05, 3.63) is 0 Å². The third-order valence-electron chi connectivity index (χ3n) is 1.79. The molecule has 0 aromatic rings. The number of alkyl halides is 1. The molecule has 19 heavy (non-hydrogen) atoms. The molecule has 0 aromatic carbocycles. The van der Waals surface area contributed by atoms with Crippen molar-refractivity contribution < 1.29 is 14.4 Å². The lowest BCUT2D eigenvalue weighted by Crippen LogP contribution is -2.30. The Morgan fingerprint density at radius 1 is 1.58 bits per heavy atom. The number of ketones is 1. The molecular weight excluding hydrogens is 310 g/mol. The molecule has 0 N–H and O–H groups in total. The summed E-state index contributed by atoms with van der Waals surface area (Å²) in [6.45, 7) is 2.92. The van der Waals surface area contributed by atoms with Crippen LogP contribution in [0.1, 0.15) is 13.8 Å². The maximum atomic E-state index is 11.6. The summed E-state index contributed by atoms with van der Waals surface area (Å²) in [6.07, 6.45) is 0.858. The van der Waals surface area contributed by atoms with Crippen molar-refractivity contribution in [1.82, 2.24) is 4.31 Å². The van der Waals surface area contributed by atoms with Crippen molar-refractivity contribution in [2.24, 2.45) is 5.16 Å². The lowest BCUT2D eigenvalue weighted by atomic mass is 10.2. The summed E-state index contributed by atoms with van der Waals surface area (Å²) in [5.74, 6) is -0.239. The van der Waals surface area contributed by atoms with Gasteiger partial charge in [-0.1, -0.05) is 5.16 Å². The van der Waals surface area contributed by atoms with Crippen molar-refractivity contribution in [3.8, 4) is 6.07 Å². The molecule has 1 unspecified atom stereocenters. The Labute approximate surface area is 125 Å². The molecule has 0 heterocycles. The van der Waals surface area contributed by atoms with Crippen LogP contribution in [0.3, 0.4) is 0 Å². The van der Waals surface area contributed by atoms with Gasteiger partial charge in [-0.05, 0) is 25.1 Å². The second kappa shape index (κ2) is 8.30. The summed E-state index contributed by atoms with van der Waals surface area (Å²) in [4.78, 5) is 27.3. The lowest BCUT2D eigenvalue weighted by Gasteiger charge is -2.22. The van der Waals surface area contributed by atoms with E-state index in [1.807, 2.05) is 6.07 Å². The van der Waals surface area contributed by atoms with Crippen LogP contribution in [0.4, 0.5) is 4.79 Å². The number of nitrogens with zero attached hydrogens (tertiary/aromatic N) is 3. The van der Waals surface area contributed by atoms with Crippen LogP contribution in [-0.4, -0.2) is 45.2 Å². The van der Waals surface area contributed by atoms with E-state index in [1.54, 1.807) is 13.2 Å². The van der Waals surface area contributed by atoms with Crippen molar-refractivity contribution in [2.45, 2.75) is 18.6 Å². The van der Waals surface area contributed by atoms with Gasteiger partial charge in [0.1, 0.15) is 4.75 Å². The van der Waals surface area contributed by atoms with E-state index in [1.165, 1.54) is 14.0 Å². The average molecular weight is 324 g/mol. The van der Waals surface area contributed by atoms with E-state index < -0.39 is 10.8 Å². The van der Waals surface area contributed by atoms with Crippen molar-refractivity contribution in [2.75, 3.05) is 19.2 Å². The van der Waals surface area contributed by atoms with E-state index in [2.05, 4.69) is 9.99 Å². The fourth-order valence-electron chi connectivity index (χ4n) is 0.797. The number of Topliss-reactive ketones (excluding diaryl/α,β-unsaturated/α-hetero) is 1. The van der Waals surface area contributed by atoms with E-state index in [0.29, 0.717) is 0 Å². The minimum atomic E-state index is -0.943. The standard InChI is InChI=1S/C10H14ClN3O3S2/c1-7(15)8(18-4)13-17-9(16)14(3)19-10(2,5-11)6-12/h5H2,1-4H3. The first-order valence-corrected chi connectivity index (χ1v) is 7.57. The molecule has 0 radical (unpaired) electrons. The minimum Gasteiger partial charge on any atom is -0.296 e. The normalized spacial score (nSPS) is 14.2. The van der Waals surface area contributed by atoms with Gasteiger partial charge in [0.15, 0.2) is 10.8 Å². The molecule has 0 saturated heterocycles. The number of oxime groups is 1. The van der Waals surface area contributed by atoms with E-state index in [4.69, 9.17) is 16.9 Å². The molecule has 0 spiro atoms. The average Bonchev–Trinajstić information content (AvgIpc) is 2.38. The van der Waals surface area contributed by atoms with Crippen molar-refractivity contribution in [3.63, 3.8) is 0 Å². The number of halogens is 1. The summed E-state index contributed by atoms with van der Waals surface area (Å²) < 4.78 is 0.162. The van der Waals surface area contributed by atoms with E-state index in [0.717, 1.165) is 28.0 Å². The molecule has 106 valence electrons. The first-order chi connectivity index (χ1) is 8.79. The molecule has 0 aliphatic carbocycles. The highest BCUT2D eigenvalue weighted by atomic mass is 35.5. The van der Waals surface area contributed by atoms with Crippen LogP contribution in [0.5, 0.6) is 0 Å². The number of amides is 1. The molecular formula is C10H14ClN3O3S2. The highest BCUT2D eigenvalue weighted by Gasteiger charge is 2.29. The summed E-state index contributed by atoms with van der Waals surface area (Å²) in [5, 5.41) is 12.5. The Morgan fingerprint density at radius 3 is 2.53 bits per heavy atom. The lowest BCUT2D eigenvalue weighted by molar-refractivity contribution is -0.110. The second-order valence-corrected chi connectivity index (χ2v) is 6.27. The summed E-state index contributed by atoms with van der Waals surface area (Å²) in [7, 11) is 1.43. The first kappa shape index (κ1) is 18.1. The zero-order valence-corrected chi connectivity index (χ0v) is 13.4. The van der Waals surface area contributed by atoms with Crippen LogP contribution >= 0.6 is 35.3 Å². The minimum absolute atomic E-state index is 0.0541. The fourth-order valence-corrected chi connectivity index (χ4v) is 2.20. The third-order valence-corrected chi connectivity index (χ3v) is 4.29. The molecule has 0 aliphatic heterocycles. The number of nitriles is 1. The van der Waals surface area contributed by atoms with Gasteiger partial charge in [-0.15, -0.1) is 23.4 Å². The van der Waals surface area contributed by atoms with E-state index >= 15 is 0 Å². The Kier molecular flexibility index (Phi) is 7.90. The highest BCUT2D eigenvalue weighted by molar-refractivity contribution is 8.15. The smallest absolute Gasteiger partial charge is 0.296 e. The topological polar surface area (TPSA) is 82.8 Å². The van der Waals surface area contributed by atoms with Crippen molar-refractivity contribution >= 4 is 52.2 Å². The fraction of sp³-hybridized carbons (Fsp3) is 0.600. The van der Waals surface area contributed by atoms with Gasteiger partial charge in [-0.25, -0.2) is 4.79 Å². The monoisotopic (exact) mass is 323 g/mol. The van der Waals surface area contributed by atoms with Gasteiger partial charge in [0.05, 0.1) is 11.9 Å². The zero-order chi connectivity index (χ0) is 15.1. The molecule has 1 atom stereocenters. The van der Waals surface area contributed by atoms with Gasteiger partial charge in [0, 0.05) is 14.0 Å². The van der Waals surface area contributed by atoms with Crippen LogP contribution in [-0.2, 0) is 9.63 Å². The van der Waals surface area contributed by atoms with Gasteiger partial charge >= 0.3 is 6.09 Å². The predicted molar refractivity (Wildman–Crippen MR) is 78.2 cm³/mol. The zero-order valence-electron chi connectivity index (χ0n) is 11.0. The summed E-state index contributed by atoms with van der Waals surface area (Å²) >= 11 is 7.66. The van der Waals surface area contributed by atoms with Crippen LogP contribution < -0.4 is 0 Å². The molecule has 9 heteroatoms. The van der Waals surface area contributed by atoms with Gasteiger partial charge in [0.2, 0.25) is 0 Å². The molecule has 0 fully saturated rings. The molecule has 0 bridgehead atoms. The van der Waals surface area contributed by atoms with Crippen LogP contribution in [0.25, 0.3) is 0 Å². The maximum absolute atomic E-state index is 11.6. The quantitative estimate of drug-likeness (QED) is 0.193. The summed E-state index contributed by atoms with van der Waals surface area (Å²) in [6, 6.07) is 2.00. The maximum Gasteiger partial charge on any atom is 0.445 e. The van der Waals surface area contributed by atoms with Gasteiger partial charge in [0.25, 0.3) is 0 Å². The Bertz CT molecular complexity index is 425. The van der Waals surface area contributed by atoms with Crippen LogP contribution in [0.2, 0.25) is 0 Å². The van der Waals surface area contributed by atoms with E-state index in [-0.39, 0.29) is 16.7 Å². The number of hydrogen-bond acceptors (Lipinski definition) is 7. The first-order valence-electron chi connectivity index (χ1n) is 5.03.